The van der Waals surface area contributed by atoms with Gasteiger partial charge in [0, 0.05) is 6.04 Å². The molecule has 140 valence electrons. The molecule has 0 aromatic rings. The lowest BCUT2D eigenvalue weighted by atomic mass is 9.90. The predicted octanol–water partition coefficient (Wildman–Crippen LogP) is 7.62. The molecule has 0 saturated carbocycles. The van der Waals surface area contributed by atoms with Crippen molar-refractivity contribution in [3.63, 3.8) is 0 Å². The van der Waals surface area contributed by atoms with Crippen LogP contribution in [0.15, 0.2) is 0 Å². The Morgan fingerprint density at radius 2 is 0.913 bits per heavy atom. The zero-order chi connectivity index (χ0) is 17.2. The van der Waals surface area contributed by atoms with E-state index in [1.807, 2.05) is 0 Å². The summed E-state index contributed by atoms with van der Waals surface area (Å²) in [7, 11) is 0. The van der Waals surface area contributed by atoms with E-state index in [1.54, 1.807) is 0 Å². The van der Waals surface area contributed by atoms with Crippen molar-refractivity contribution < 1.29 is 0 Å². The largest absolute Gasteiger partial charge is 0.327 e. The Hall–Kier alpha value is -0.0400. The Labute approximate surface area is 148 Å². The molecular weight excluding hydrogens is 278 g/mol. The van der Waals surface area contributed by atoms with Crippen molar-refractivity contribution in [3.05, 3.63) is 0 Å². The Morgan fingerprint density at radius 1 is 0.522 bits per heavy atom. The smallest absolute Gasteiger partial charge is 0.00644 e. The zero-order valence-corrected chi connectivity index (χ0v) is 16.8. The van der Waals surface area contributed by atoms with E-state index in [1.165, 1.54) is 103 Å². The molecule has 0 fully saturated rings. The molecule has 0 aliphatic rings. The quantitative estimate of drug-likeness (QED) is 0.258. The maximum Gasteiger partial charge on any atom is 0.00644 e. The maximum atomic E-state index is 6.18. The SMILES string of the molecule is CCCCCCCCCCCCCCCCC(CC)C(N)CC. The second kappa shape index (κ2) is 18.3. The van der Waals surface area contributed by atoms with Gasteiger partial charge in [0.25, 0.3) is 0 Å². The summed E-state index contributed by atoms with van der Waals surface area (Å²) in [6.07, 6.45) is 24.0. The van der Waals surface area contributed by atoms with E-state index in [2.05, 4.69) is 20.8 Å². The van der Waals surface area contributed by atoms with Crippen LogP contribution in [0.1, 0.15) is 130 Å². The molecule has 0 rings (SSSR count). The topological polar surface area (TPSA) is 26.0 Å². The van der Waals surface area contributed by atoms with E-state index in [0.29, 0.717) is 6.04 Å². The first kappa shape index (κ1) is 23.0. The Kier molecular flexibility index (Phi) is 18.3. The van der Waals surface area contributed by atoms with Crippen molar-refractivity contribution in [1.29, 1.82) is 0 Å². The normalized spacial score (nSPS) is 14.1. The average molecular weight is 326 g/mol. The third-order valence-electron chi connectivity index (χ3n) is 5.53. The fraction of sp³-hybridized carbons (Fsp3) is 1.00. The molecule has 1 heteroatoms. The Balaban J connectivity index is 3.18. The lowest BCUT2D eigenvalue weighted by Gasteiger charge is -2.21. The minimum absolute atomic E-state index is 0.432. The lowest BCUT2D eigenvalue weighted by Crippen LogP contribution is -2.28. The van der Waals surface area contributed by atoms with Crippen molar-refractivity contribution in [2.45, 2.75) is 136 Å². The summed E-state index contributed by atoms with van der Waals surface area (Å²) in [5.74, 6) is 0.761. The molecule has 23 heavy (non-hydrogen) atoms. The molecule has 2 atom stereocenters. The maximum absolute atomic E-state index is 6.18. The van der Waals surface area contributed by atoms with E-state index in [4.69, 9.17) is 5.73 Å². The third kappa shape index (κ3) is 15.2. The molecule has 0 saturated heterocycles. The van der Waals surface area contributed by atoms with E-state index < -0.39 is 0 Å². The van der Waals surface area contributed by atoms with E-state index in [-0.39, 0.29) is 0 Å². The van der Waals surface area contributed by atoms with Gasteiger partial charge in [0.15, 0.2) is 0 Å². The summed E-state index contributed by atoms with van der Waals surface area (Å²) in [6, 6.07) is 0.432. The molecule has 1 nitrogen and oxygen atoms in total. The number of hydrogen-bond donors (Lipinski definition) is 1. The fourth-order valence-corrected chi connectivity index (χ4v) is 3.66. The van der Waals surface area contributed by atoms with Crippen molar-refractivity contribution in [2.24, 2.45) is 11.7 Å². The average Bonchev–Trinajstić information content (AvgIpc) is 2.58. The summed E-state index contributed by atoms with van der Waals surface area (Å²) in [4.78, 5) is 0. The molecular formula is C22H47N. The molecule has 0 aromatic heterocycles. The van der Waals surface area contributed by atoms with Crippen LogP contribution in [0.5, 0.6) is 0 Å². The second-order valence-corrected chi connectivity index (χ2v) is 7.63. The first-order chi connectivity index (χ1) is 11.3. The molecule has 0 aliphatic heterocycles. The van der Waals surface area contributed by atoms with Crippen LogP contribution in [0.25, 0.3) is 0 Å². The van der Waals surface area contributed by atoms with Crippen LogP contribution in [-0.4, -0.2) is 6.04 Å². The van der Waals surface area contributed by atoms with Gasteiger partial charge in [-0.2, -0.15) is 0 Å². The lowest BCUT2D eigenvalue weighted by molar-refractivity contribution is 0.358. The minimum Gasteiger partial charge on any atom is -0.327 e. The van der Waals surface area contributed by atoms with Gasteiger partial charge in [-0.3, -0.25) is 0 Å². The van der Waals surface area contributed by atoms with Crippen LogP contribution in [0, 0.1) is 5.92 Å². The summed E-state index contributed by atoms with van der Waals surface area (Å²) in [6.45, 7) is 6.81. The summed E-state index contributed by atoms with van der Waals surface area (Å²) >= 11 is 0. The molecule has 0 spiro atoms. The van der Waals surface area contributed by atoms with E-state index in [0.717, 1.165) is 12.3 Å². The highest BCUT2D eigenvalue weighted by molar-refractivity contribution is 4.70. The zero-order valence-electron chi connectivity index (χ0n) is 16.8. The number of rotatable bonds is 18. The predicted molar refractivity (Wildman–Crippen MR) is 107 cm³/mol. The van der Waals surface area contributed by atoms with Gasteiger partial charge in [0.2, 0.25) is 0 Å². The fourth-order valence-electron chi connectivity index (χ4n) is 3.66. The summed E-state index contributed by atoms with van der Waals surface area (Å²) < 4.78 is 0. The first-order valence-electron chi connectivity index (χ1n) is 11.0. The molecule has 2 unspecified atom stereocenters. The molecule has 2 N–H and O–H groups in total. The van der Waals surface area contributed by atoms with Crippen LogP contribution in [0.2, 0.25) is 0 Å². The monoisotopic (exact) mass is 325 g/mol. The highest BCUT2D eigenvalue weighted by Gasteiger charge is 2.13. The third-order valence-corrected chi connectivity index (χ3v) is 5.53. The van der Waals surface area contributed by atoms with Crippen molar-refractivity contribution >= 4 is 0 Å². The van der Waals surface area contributed by atoms with Gasteiger partial charge in [-0.25, -0.2) is 0 Å². The Bertz CT molecular complexity index is 214. The molecule has 0 aliphatic carbocycles. The van der Waals surface area contributed by atoms with Gasteiger partial charge >= 0.3 is 0 Å². The van der Waals surface area contributed by atoms with Gasteiger partial charge < -0.3 is 5.73 Å². The second-order valence-electron chi connectivity index (χ2n) is 7.63. The molecule has 0 heterocycles. The summed E-state index contributed by atoms with van der Waals surface area (Å²) in [5.41, 5.74) is 6.18. The van der Waals surface area contributed by atoms with Gasteiger partial charge in [0.05, 0.1) is 0 Å². The van der Waals surface area contributed by atoms with E-state index >= 15 is 0 Å². The molecule has 0 radical (unpaired) electrons. The van der Waals surface area contributed by atoms with Crippen LogP contribution in [0.4, 0.5) is 0 Å². The van der Waals surface area contributed by atoms with Crippen molar-refractivity contribution in [3.8, 4) is 0 Å². The first-order valence-corrected chi connectivity index (χ1v) is 11.0. The highest BCUT2D eigenvalue weighted by Crippen LogP contribution is 2.19. The van der Waals surface area contributed by atoms with Gasteiger partial charge in [-0.05, 0) is 18.8 Å². The van der Waals surface area contributed by atoms with Gasteiger partial charge in [-0.15, -0.1) is 0 Å². The van der Waals surface area contributed by atoms with Crippen LogP contribution in [-0.2, 0) is 0 Å². The number of unbranched alkanes of at least 4 members (excludes halogenated alkanes) is 13. The highest BCUT2D eigenvalue weighted by atomic mass is 14.6. The molecule has 0 aromatic carbocycles. The van der Waals surface area contributed by atoms with Crippen LogP contribution < -0.4 is 5.73 Å². The molecule has 0 bridgehead atoms. The van der Waals surface area contributed by atoms with Crippen molar-refractivity contribution in [2.75, 3.05) is 0 Å². The molecule has 0 amide bonds. The Morgan fingerprint density at radius 3 is 1.26 bits per heavy atom. The minimum atomic E-state index is 0.432. The number of nitrogens with two attached hydrogens (primary N) is 1. The van der Waals surface area contributed by atoms with Crippen LogP contribution in [0.3, 0.4) is 0 Å². The van der Waals surface area contributed by atoms with E-state index in [9.17, 15) is 0 Å². The number of hydrogen-bond acceptors (Lipinski definition) is 1. The standard InChI is InChI=1S/C22H47N/c1-4-7-8-9-10-11-12-13-14-15-16-17-18-19-20-21(5-2)22(23)6-3/h21-22H,4-20,23H2,1-3H3. The van der Waals surface area contributed by atoms with Gasteiger partial charge in [0.1, 0.15) is 0 Å². The van der Waals surface area contributed by atoms with Crippen molar-refractivity contribution in [1.82, 2.24) is 0 Å². The van der Waals surface area contributed by atoms with Crippen LogP contribution >= 0.6 is 0 Å². The summed E-state index contributed by atoms with van der Waals surface area (Å²) in [5, 5.41) is 0. The van der Waals surface area contributed by atoms with Gasteiger partial charge in [-0.1, -0.05) is 117 Å².